The molecule has 2 aromatic rings. The summed E-state index contributed by atoms with van der Waals surface area (Å²) in [6.07, 6.45) is 0. The van der Waals surface area contributed by atoms with E-state index < -0.39 is 10.0 Å². The molecule has 0 aliphatic carbocycles. The monoisotopic (exact) mass is 403 g/mol. The zero-order chi connectivity index (χ0) is 20.9. The molecule has 2 aromatic carbocycles. The Labute approximate surface area is 168 Å². The lowest BCUT2D eigenvalue weighted by molar-refractivity contribution is 0.0934. The van der Waals surface area contributed by atoms with Crippen LogP contribution in [0.5, 0.6) is 0 Å². The molecule has 0 saturated carbocycles. The highest BCUT2D eigenvalue weighted by atomic mass is 32.2. The molecule has 1 atom stereocenters. The second kappa shape index (κ2) is 9.21. The third-order valence-corrected chi connectivity index (χ3v) is 5.99. The Kier molecular flexibility index (Phi) is 7.21. The Hall–Kier alpha value is -2.38. The summed E-state index contributed by atoms with van der Waals surface area (Å²) in [6.45, 7) is 6.62. The zero-order valence-electron chi connectivity index (χ0n) is 17.1. The van der Waals surface area contributed by atoms with Crippen molar-refractivity contribution in [3.63, 3.8) is 0 Å². The summed E-state index contributed by atoms with van der Waals surface area (Å²) >= 11 is 0. The van der Waals surface area contributed by atoms with Gasteiger partial charge in [0.1, 0.15) is 0 Å². The van der Waals surface area contributed by atoms with E-state index in [1.807, 2.05) is 33.2 Å². The van der Waals surface area contributed by atoms with E-state index in [0.29, 0.717) is 23.7 Å². The number of hydrogen-bond acceptors (Lipinski definition) is 4. The summed E-state index contributed by atoms with van der Waals surface area (Å²) in [6, 6.07) is 13.3. The molecule has 0 fully saturated rings. The first-order valence-electron chi connectivity index (χ1n) is 9.24. The van der Waals surface area contributed by atoms with Crippen molar-refractivity contribution < 1.29 is 13.2 Å². The number of hydrogen-bond donors (Lipinski definition) is 2. The molecule has 152 valence electrons. The smallest absolute Gasteiger partial charge is 0.261 e. The van der Waals surface area contributed by atoms with E-state index in [1.165, 1.54) is 12.1 Å². The Bertz CT molecular complexity index is 899. The highest BCUT2D eigenvalue weighted by Crippen LogP contribution is 2.18. The zero-order valence-corrected chi connectivity index (χ0v) is 17.9. The van der Waals surface area contributed by atoms with Crippen LogP contribution >= 0.6 is 0 Å². The maximum absolute atomic E-state index is 12.7. The van der Waals surface area contributed by atoms with Gasteiger partial charge in [-0.2, -0.15) is 0 Å². The van der Waals surface area contributed by atoms with Crippen LogP contribution in [0.4, 0.5) is 5.69 Å². The van der Waals surface area contributed by atoms with E-state index >= 15 is 0 Å². The van der Waals surface area contributed by atoms with Gasteiger partial charge in [0.25, 0.3) is 15.9 Å². The van der Waals surface area contributed by atoms with Crippen molar-refractivity contribution in [1.29, 1.82) is 0 Å². The van der Waals surface area contributed by atoms with Crippen molar-refractivity contribution in [3.8, 4) is 0 Å². The van der Waals surface area contributed by atoms with Crippen LogP contribution < -0.4 is 10.0 Å². The van der Waals surface area contributed by atoms with Crippen LogP contribution in [0, 0.1) is 12.8 Å². The minimum Gasteiger partial charge on any atom is -0.350 e. The summed E-state index contributed by atoms with van der Waals surface area (Å²) in [5, 5.41) is 2.90. The molecule has 0 saturated heterocycles. The molecule has 0 spiro atoms. The third-order valence-electron chi connectivity index (χ3n) is 4.61. The number of carbonyl (C=O) groups excluding carboxylic acids is 1. The fourth-order valence-corrected chi connectivity index (χ4v) is 4.06. The van der Waals surface area contributed by atoms with Gasteiger partial charge in [-0.1, -0.05) is 37.6 Å². The van der Waals surface area contributed by atoms with E-state index in [4.69, 9.17) is 0 Å². The van der Waals surface area contributed by atoms with Gasteiger partial charge >= 0.3 is 0 Å². The van der Waals surface area contributed by atoms with E-state index in [0.717, 1.165) is 5.56 Å². The summed E-state index contributed by atoms with van der Waals surface area (Å²) in [5.41, 5.74) is 1.83. The molecule has 0 aromatic heterocycles. The summed E-state index contributed by atoms with van der Waals surface area (Å²) in [5.74, 6) is 0.0839. The van der Waals surface area contributed by atoms with Crippen LogP contribution in [0.3, 0.4) is 0 Å². The fourth-order valence-electron chi connectivity index (χ4n) is 2.95. The molecule has 0 radical (unpaired) electrons. The van der Waals surface area contributed by atoms with Gasteiger partial charge in [0.2, 0.25) is 0 Å². The standard InChI is InChI=1S/C21H29N3O3S/c1-15(2)20(24(4)5)14-22-21(25)17-7-6-8-19(13-17)28(26,27)23-18-11-9-16(3)10-12-18/h6-13,15,20,23H,14H2,1-5H3,(H,22,25). The van der Waals surface area contributed by atoms with Crippen molar-refractivity contribution in [2.45, 2.75) is 31.7 Å². The summed E-state index contributed by atoms with van der Waals surface area (Å²) in [7, 11) is 0.167. The topological polar surface area (TPSA) is 78.5 Å². The highest BCUT2D eigenvalue weighted by molar-refractivity contribution is 7.92. The number of nitrogens with one attached hydrogen (secondary N) is 2. The SMILES string of the molecule is Cc1ccc(NS(=O)(=O)c2cccc(C(=O)NCC(C(C)C)N(C)C)c2)cc1. The van der Waals surface area contributed by atoms with E-state index in [9.17, 15) is 13.2 Å². The minimum absolute atomic E-state index is 0.0498. The van der Waals surface area contributed by atoms with E-state index in [-0.39, 0.29) is 16.8 Å². The molecule has 2 rings (SSSR count). The Morgan fingerprint density at radius 2 is 1.71 bits per heavy atom. The molecule has 28 heavy (non-hydrogen) atoms. The van der Waals surface area contributed by atoms with Crippen molar-refractivity contribution in [1.82, 2.24) is 10.2 Å². The molecule has 6 nitrogen and oxygen atoms in total. The highest BCUT2D eigenvalue weighted by Gasteiger charge is 2.19. The van der Waals surface area contributed by atoms with Crippen LogP contribution in [-0.2, 0) is 10.0 Å². The largest absolute Gasteiger partial charge is 0.350 e. The first kappa shape index (κ1) is 21.9. The second-order valence-electron chi connectivity index (χ2n) is 7.48. The van der Waals surface area contributed by atoms with Gasteiger partial charge in [0.15, 0.2) is 0 Å². The van der Waals surface area contributed by atoms with Gasteiger partial charge in [0, 0.05) is 23.8 Å². The lowest BCUT2D eigenvalue weighted by atomic mass is 10.0. The Balaban J connectivity index is 2.14. The van der Waals surface area contributed by atoms with Crippen LogP contribution in [-0.4, -0.2) is 45.9 Å². The average molecular weight is 404 g/mol. The van der Waals surface area contributed by atoms with Gasteiger partial charge in [-0.3, -0.25) is 9.52 Å². The minimum atomic E-state index is -3.78. The molecule has 2 N–H and O–H groups in total. The molecular formula is C21H29N3O3S. The molecule has 0 aliphatic heterocycles. The molecule has 7 heteroatoms. The number of rotatable bonds is 8. The normalized spacial score (nSPS) is 12.8. The average Bonchev–Trinajstić information content (AvgIpc) is 2.63. The molecule has 1 amide bonds. The van der Waals surface area contributed by atoms with E-state index in [1.54, 1.807) is 24.3 Å². The maximum Gasteiger partial charge on any atom is 0.261 e. The first-order valence-corrected chi connectivity index (χ1v) is 10.7. The Morgan fingerprint density at radius 1 is 1.07 bits per heavy atom. The fraction of sp³-hybridized carbons (Fsp3) is 0.381. The molecule has 0 bridgehead atoms. The van der Waals surface area contributed by atoms with Gasteiger partial charge in [-0.25, -0.2) is 8.42 Å². The number of amides is 1. The van der Waals surface area contributed by atoms with Gasteiger partial charge in [-0.15, -0.1) is 0 Å². The van der Waals surface area contributed by atoms with Crippen LogP contribution in [0.15, 0.2) is 53.4 Å². The number of aryl methyl sites for hydroxylation is 1. The predicted octanol–water partition coefficient (Wildman–Crippen LogP) is 3.11. The summed E-state index contributed by atoms with van der Waals surface area (Å²) in [4.78, 5) is 14.6. The van der Waals surface area contributed by atoms with Gasteiger partial charge in [-0.05, 0) is 57.3 Å². The van der Waals surface area contributed by atoms with Crippen molar-refractivity contribution in [2.75, 3.05) is 25.4 Å². The number of carbonyl (C=O) groups is 1. The van der Waals surface area contributed by atoms with Crippen molar-refractivity contribution in [3.05, 3.63) is 59.7 Å². The van der Waals surface area contributed by atoms with Crippen LogP contribution in [0.25, 0.3) is 0 Å². The number of nitrogens with zero attached hydrogens (tertiary/aromatic N) is 1. The van der Waals surface area contributed by atoms with Gasteiger partial charge < -0.3 is 10.2 Å². The maximum atomic E-state index is 12.7. The molecule has 1 unspecified atom stereocenters. The van der Waals surface area contributed by atoms with Crippen molar-refractivity contribution >= 4 is 21.6 Å². The number of likely N-dealkylation sites (N-methyl/N-ethyl adjacent to an activating group) is 1. The quantitative estimate of drug-likeness (QED) is 0.710. The van der Waals surface area contributed by atoms with Crippen molar-refractivity contribution in [2.24, 2.45) is 5.92 Å². The molecule has 0 aliphatic rings. The second-order valence-corrected chi connectivity index (χ2v) is 9.17. The number of anilines is 1. The molecule has 0 heterocycles. The van der Waals surface area contributed by atoms with Crippen LogP contribution in [0.2, 0.25) is 0 Å². The predicted molar refractivity (Wildman–Crippen MR) is 113 cm³/mol. The molecular weight excluding hydrogens is 374 g/mol. The lowest BCUT2D eigenvalue weighted by Gasteiger charge is -2.28. The van der Waals surface area contributed by atoms with E-state index in [2.05, 4.69) is 28.8 Å². The van der Waals surface area contributed by atoms with Crippen LogP contribution in [0.1, 0.15) is 29.8 Å². The number of sulfonamides is 1. The number of benzene rings is 2. The van der Waals surface area contributed by atoms with Gasteiger partial charge in [0.05, 0.1) is 4.90 Å². The third kappa shape index (κ3) is 5.81. The Morgan fingerprint density at radius 3 is 2.29 bits per heavy atom. The lowest BCUT2D eigenvalue weighted by Crippen LogP contribution is -2.43. The first-order chi connectivity index (χ1) is 13.1. The summed E-state index contributed by atoms with van der Waals surface area (Å²) < 4.78 is 27.9.